The first-order valence-corrected chi connectivity index (χ1v) is 7.08. The van der Waals surface area contributed by atoms with Crippen LogP contribution in [0.15, 0.2) is 35.5 Å². The van der Waals surface area contributed by atoms with E-state index in [-0.39, 0.29) is 11.5 Å². The highest BCUT2D eigenvalue weighted by molar-refractivity contribution is 6.31. The van der Waals surface area contributed by atoms with Gasteiger partial charge in [-0.05, 0) is 25.1 Å². The zero-order valence-electron chi connectivity index (χ0n) is 12.4. The molecule has 1 aliphatic carbocycles. The van der Waals surface area contributed by atoms with Gasteiger partial charge < -0.3 is 0 Å². The van der Waals surface area contributed by atoms with Gasteiger partial charge in [0, 0.05) is 17.6 Å². The number of nitrogens with zero attached hydrogens (tertiary/aromatic N) is 2. The van der Waals surface area contributed by atoms with Crippen molar-refractivity contribution in [3.05, 3.63) is 41.2 Å². The van der Waals surface area contributed by atoms with Crippen LogP contribution in [0, 0.1) is 0 Å². The standard InChI is InChI=1S/C14H10ClF7N2O/c1-8(25)11(5-2-9(15)3-6-11)24-7-4-10(23-24)12(16,17)13(18,19)14(20,21)22/h2-5,7H,6H2,1H3. The number of rotatable bonds is 4. The van der Waals surface area contributed by atoms with Gasteiger partial charge in [-0.25, -0.2) is 0 Å². The lowest BCUT2D eigenvalue weighted by Crippen LogP contribution is -2.50. The van der Waals surface area contributed by atoms with E-state index in [1.807, 2.05) is 0 Å². The van der Waals surface area contributed by atoms with Crippen LogP contribution in [0.25, 0.3) is 0 Å². The second-order valence-corrected chi connectivity index (χ2v) is 5.84. The lowest BCUT2D eigenvalue weighted by Gasteiger charge is -2.30. The Morgan fingerprint density at radius 2 is 1.84 bits per heavy atom. The number of allylic oxidation sites excluding steroid dienone is 4. The van der Waals surface area contributed by atoms with Gasteiger partial charge in [-0.1, -0.05) is 17.7 Å². The number of alkyl halides is 7. The van der Waals surface area contributed by atoms with Crippen molar-refractivity contribution < 1.29 is 35.5 Å². The van der Waals surface area contributed by atoms with Gasteiger partial charge in [0.15, 0.2) is 5.78 Å². The van der Waals surface area contributed by atoms with Gasteiger partial charge in [0.2, 0.25) is 0 Å². The molecule has 25 heavy (non-hydrogen) atoms. The van der Waals surface area contributed by atoms with Gasteiger partial charge >= 0.3 is 18.0 Å². The van der Waals surface area contributed by atoms with E-state index < -0.39 is 35.0 Å². The summed E-state index contributed by atoms with van der Waals surface area (Å²) < 4.78 is 91.1. The van der Waals surface area contributed by atoms with Crippen LogP contribution < -0.4 is 0 Å². The maximum absolute atomic E-state index is 13.7. The summed E-state index contributed by atoms with van der Waals surface area (Å²) in [5, 5.41) is 3.39. The molecule has 1 atom stereocenters. The van der Waals surface area contributed by atoms with Crippen molar-refractivity contribution in [2.45, 2.75) is 36.9 Å². The van der Waals surface area contributed by atoms with Crippen LogP contribution in [0.4, 0.5) is 30.7 Å². The number of carbonyl (C=O) groups is 1. The first kappa shape index (κ1) is 19.5. The minimum atomic E-state index is -6.47. The molecule has 0 saturated heterocycles. The Bertz CT molecular complexity index is 751. The van der Waals surface area contributed by atoms with Crippen LogP contribution in [0.1, 0.15) is 19.0 Å². The molecule has 2 rings (SSSR count). The lowest BCUT2D eigenvalue weighted by molar-refractivity contribution is -0.360. The molecule has 0 spiro atoms. The van der Waals surface area contributed by atoms with E-state index in [2.05, 4.69) is 5.10 Å². The third-order valence-corrected chi connectivity index (χ3v) is 4.09. The number of hydrogen-bond donors (Lipinski definition) is 0. The average Bonchev–Trinajstić information content (AvgIpc) is 2.97. The maximum atomic E-state index is 13.7. The molecular formula is C14H10ClF7N2O. The quantitative estimate of drug-likeness (QED) is 0.708. The highest BCUT2D eigenvalue weighted by atomic mass is 35.5. The van der Waals surface area contributed by atoms with Crippen LogP contribution in [-0.4, -0.2) is 27.7 Å². The summed E-state index contributed by atoms with van der Waals surface area (Å²) in [5.74, 6) is -12.5. The Labute approximate surface area is 141 Å². The van der Waals surface area contributed by atoms with Crippen LogP contribution in [0.5, 0.6) is 0 Å². The average molecular weight is 391 g/mol. The molecular weight excluding hydrogens is 381 g/mol. The molecule has 0 saturated carbocycles. The third-order valence-electron chi connectivity index (χ3n) is 3.81. The fraction of sp³-hybridized carbons (Fsp3) is 0.429. The summed E-state index contributed by atoms with van der Waals surface area (Å²) >= 11 is 5.71. The number of carbonyl (C=O) groups excluding carboxylic acids is 1. The summed E-state index contributed by atoms with van der Waals surface area (Å²) in [7, 11) is 0. The van der Waals surface area contributed by atoms with E-state index in [1.54, 1.807) is 0 Å². The molecule has 138 valence electrons. The fourth-order valence-corrected chi connectivity index (χ4v) is 2.39. The fourth-order valence-electron chi connectivity index (χ4n) is 2.25. The van der Waals surface area contributed by atoms with Crippen molar-refractivity contribution in [3.8, 4) is 0 Å². The molecule has 0 amide bonds. The van der Waals surface area contributed by atoms with E-state index in [4.69, 9.17) is 11.6 Å². The zero-order valence-corrected chi connectivity index (χ0v) is 13.2. The van der Waals surface area contributed by atoms with Gasteiger partial charge in [-0.15, -0.1) is 0 Å². The minimum Gasteiger partial charge on any atom is -0.297 e. The van der Waals surface area contributed by atoms with Crippen molar-refractivity contribution in [2.75, 3.05) is 0 Å². The molecule has 1 heterocycles. The smallest absolute Gasteiger partial charge is 0.297 e. The second-order valence-electron chi connectivity index (χ2n) is 5.40. The second kappa shape index (κ2) is 5.86. The number of Topliss-reactive ketones (excluding diaryl/α,β-unsaturated/α-hetero) is 1. The maximum Gasteiger partial charge on any atom is 0.460 e. The third kappa shape index (κ3) is 2.96. The molecule has 0 radical (unpaired) electrons. The number of aromatic nitrogens is 2. The summed E-state index contributed by atoms with van der Waals surface area (Å²) in [6.45, 7) is 1.10. The summed E-state index contributed by atoms with van der Waals surface area (Å²) in [6, 6.07) is 0.318. The first-order valence-electron chi connectivity index (χ1n) is 6.70. The van der Waals surface area contributed by atoms with E-state index in [0.29, 0.717) is 10.7 Å². The predicted molar refractivity (Wildman–Crippen MR) is 73.5 cm³/mol. The minimum absolute atomic E-state index is 0.125. The monoisotopic (exact) mass is 390 g/mol. The summed E-state index contributed by atoms with van der Waals surface area (Å²) in [5.41, 5.74) is -3.44. The van der Waals surface area contributed by atoms with Crippen molar-refractivity contribution in [2.24, 2.45) is 0 Å². The molecule has 0 bridgehead atoms. The van der Waals surface area contributed by atoms with Gasteiger partial charge in [-0.3, -0.25) is 9.48 Å². The topological polar surface area (TPSA) is 34.9 Å². The van der Waals surface area contributed by atoms with Crippen molar-refractivity contribution in [1.29, 1.82) is 0 Å². The Morgan fingerprint density at radius 1 is 1.24 bits per heavy atom. The van der Waals surface area contributed by atoms with Crippen molar-refractivity contribution >= 4 is 17.4 Å². The van der Waals surface area contributed by atoms with Gasteiger partial charge in [0.25, 0.3) is 0 Å². The first-order chi connectivity index (χ1) is 11.3. The molecule has 3 nitrogen and oxygen atoms in total. The molecule has 1 aromatic heterocycles. The lowest BCUT2D eigenvalue weighted by atomic mass is 9.87. The predicted octanol–water partition coefficient (Wildman–Crippen LogP) is 4.54. The van der Waals surface area contributed by atoms with Crippen molar-refractivity contribution in [1.82, 2.24) is 9.78 Å². The van der Waals surface area contributed by atoms with Crippen molar-refractivity contribution in [3.63, 3.8) is 0 Å². The van der Waals surface area contributed by atoms with E-state index in [1.165, 1.54) is 18.2 Å². The molecule has 11 heteroatoms. The Morgan fingerprint density at radius 3 is 2.28 bits per heavy atom. The Kier molecular flexibility index (Phi) is 4.56. The summed E-state index contributed by atoms with van der Waals surface area (Å²) in [6.07, 6.45) is -1.99. The molecule has 1 aliphatic rings. The molecule has 1 aromatic rings. The van der Waals surface area contributed by atoms with Crippen LogP contribution in [0.3, 0.4) is 0 Å². The van der Waals surface area contributed by atoms with Gasteiger partial charge in [-0.2, -0.15) is 35.8 Å². The van der Waals surface area contributed by atoms with E-state index >= 15 is 0 Å². The highest BCUT2D eigenvalue weighted by Crippen LogP contribution is 2.51. The van der Waals surface area contributed by atoms with Gasteiger partial charge in [0.1, 0.15) is 11.2 Å². The zero-order chi connectivity index (χ0) is 19.3. The van der Waals surface area contributed by atoms with E-state index in [0.717, 1.165) is 13.1 Å². The highest BCUT2D eigenvalue weighted by Gasteiger charge is 2.74. The molecule has 0 N–H and O–H groups in total. The number of ketones is 1. The largest absolute Gasteiger partial charge is 0.460 e. The van der Waals surface area contributed by atoms with E-state index in [9.17, 15) is 35.5 Å². The Hall–Kier alpha value is -1.84. The molecule has 0 aliphatic heterocycles. The molecule has 0 fully saturated rings. The normalized spacial score (nSPS) is 22.0. The van der Waals surface area contributed by atoms with Crippen LogP contribution >= 0.6 is 11.6 Å². The number of halogens is 8. The number of hydrogen-bond acceptors (Lipinski definition) is 2. The van der Waals surface area contributed by atoms with Crippen LogP contribution in [-0.2, 0) is 16.3 Å². The van der Waals surface area contributed by atoms with Crippen LogP contribution in [0.2, 0.25) is 0 Å². The van der Waals surface area contributed by atoms with Gasteiger partial charge in [0.05, 0.1) is 0 Å². The molecule has 0 aromatic carbocycles. The Balaban J connectivity index is 2.49. The SMILES string of the molecule is CC(=O)C1(n2ccc(C(F)(F)C(F)(F)C(F)(F)F)n2)C=CC(Cl)=CC1. The summed E-state index contributed by atoms with van der Waals surface area (Å²) in [4.78, 5) is 11.9. The molecule has 1 unspecified atom stereocenters.